The highest BCUT2D eigenvalue weighted by atomic mass is 15.0. The fourth-order valence-electron chi connectivity index (χ4n) is 8.01. The number of benzene rings is 7. The van der Waals surface area contributed by atoms with Gasteiger partial charge in [0.1, 0.15) is 0 Å². The molecule has 1 aliphatic carbocycles. The third-order valence-electron chi connectivity index (χ3n) is 11.5. The van der Waals surface area contributed by atoms with Crippen molar-refractivity contribution in [3.8, 4) is 67.5 Å². The second kappa shape index (κ2) is 12.2. The summed E-state index contributed by atoms with van der Waals surface area (Å²) < 4.78 is 0. The second-order valence-corrected chi connectivity index (χ2v) is 14.8. The number of nitrogens with zero attached hydrogens (tertiary/aromatic N) is 3. The number of aromatic nitrogens is 3. The van der Waals surface area contributed by atoms with E-state index in [1.54, 1.807) is 0 Å². The normalized spacial score (nSPS) is 14.1. The lowest BCUT2D eigenvalue weighted by molar-refractivity contribution is 0.299. The SMILES string of the molecule is CC1(C)c2cc(-c3ccccc3)ccc2-c2c(-c3ccc(-c4nc(-c5ccccc5)nc(-c5ccccc5)n4)c4ccccc34)cccc2C1(C)C. The van der Waals surface area contributed by atoms with Crippen LogP contribution in [-0.2, 0) is 10.8 Å². The molecule has 0 spiro atoms. The van der Waals surface area contributed by atoms with Gasteiger partial charge >= 0.3 is 0 Å². The molecule has 0 amide bonds. The first-order valence-corrected chi connectivity index (χ1v) is 18.0. The maximum absolute atomic E-state index is 5.10. The van der Waals surface area contributed by atoms with Crippen molar-refractivity contribution in [2.24, 2.45) is 0 Å². The third kappa shape index (κ3) is 5.07. The largest absolute Gasteiger partial charge is 0.208 e. The first kappa shape index (κ1) is 31.8. The van der Waals surface area contributed by atoms with Crippen LogP contribution < -0.4 is 0 Å². The molecule has 0 saturated heterocycles. The van der Waals surface area contributed by atoms with Crippen molar-refractivity contribution in [1.82, 2.24) is 15.0 Å². The molecule has 0 aliphatic heterocycles. The molecule has 52 heavy (non-hydrogen) atoms. The van der Waals surface area contributed by atoms with Crippen LogP contribution in [0.2, 0.25) is 0 Å². The maximum atomic E-state index is 5.10. The molecule has 1 aliphatic rings. The molecule has 0 radical (unpaired) electrons. The molecule has 0 fully saturated rings. The van der Waals surface area contributed by atoms with E-state index < -0.39 is 0 Å². The predicted molar refractivity (Wildman–Crippen MR) is 216 cm³/mol. The van der Waals surface area contributed by atoms with Gasteiger partial charge in [0.15, 0.2) is 17.5 Å². The van der Waals surface area contributed by atoms with Gasteiger partial charge in [-0.25, -0.2) is 15.0 Å². The number of rotatable bonds is 5. The van der Waals surface area contributed by atoms with Crippen LogP contribution in [0.4, 0.5) is 0 Å². The van der Waals surface area contributed by atoms with E-state index in [-0.39, 0.29) is 10.8 Å². The Kier molecular flexibility index (Phi) is 7.48. The second-order valence-electron chi connectivity index (χ2n) is 14.8. The average Bonchev–Trinajstić information content (AvgIpc) is 3.20. The van der Waals surface area contributed by atoms with Gasteiger partial charge in [-0.1, -0.05) is 179 Å². The minimum atomic E-state index is -0.122. The summed E-state index contributed by atoms with van der Waals surface area (Å²) in [4.78, 5) is 15.1. The van der Waals surface area contributed by atoms with E-state index in [0.717, 1.165) is 22.1 Å². The van der Waals surface area contributed by atoms with Gasteiger partial charge in [-0.15, -0.1) is 0 Å². The lowest BCUT2D eigenvalue weighted by Gasteiger charge is -2.49. The predicted octanol–water partition coefficient (Wildman–Crippen LogP) is 12.6. The van der Waals surface area contributed by atoms with Gasteiger partial charge in [0.05, 0.1) is 0 Å². The van der Waals surface area contributed by atoms with Gasteiger partial charge in [0.2, 0.25) is 0 Å². The Labute approximate surface area is 305 Å². The van der Waals surface area contributed by atoms with Crippen LogP contribution in [0.3, 0.4) is 0 Å². The highest BCUT2D eigenvalue weighted by molar-refractivity contribution is 6.07. The monoisotopic (exact) mass is 669 g/mol. The van der Waals surface area contributed by atoms with Gasteiger partial charge in [-0.2, -0.15) is 0 Å². The zero-order chi connectivity index (χ0) is 35.5. The van der Waals surface area contributed by atoms with Gasteiger partial charge < -0.3 is 0 Å². The molecule has 1 aromatic heterocycles. The summed E-state index contributed by atoms with van der Waals surface area (Å²) in [6.07, 6.45) is 0. The zero-order valence-electron chi connectivity index (χ0n) is 29.9. The molecule has 8 aromatic rings. The Morgan fingerprint density at radius 3 is 1.42 bits per heavy atom. The van der Waals surface area contributed by atoms with Crippen LogP contribution >= 0.6 is 0 Å². The average molecular weight is 670 g/mol. The fourth-order valence-corrected chi connectivity index (χ4v) is 8.01. The lowest BCUT2D eigenvalue weighted by atomic mass is 9.54. The number of fused-ring (bicyclic) bond motifs is 4. The van der Waals surface area contributed by atoms with E-state index in [0.29, 0.717) is 17.5 Å². The third-order valence-corrected chi connectivity index (χ3v) is 11.5. The maximum Gasteiger partial charge on any atom is 0.164 e. The van der Waals surface area contributed by atoms with Crippen molar-refractivity contribution in [3.05, 3.63) is 175 Å². The van der Waals surface area contributed by atoms with Gasteiger partial charge in [0.25, 0.3) is 0 Å². The summed E-state index contributed by atoms with van der Waals surface area (Å²) >= 11 is 0. The van der Waals surface area contributed by atoms with Crippen LogP contribution in [-0.4, -0.2) is 15.0 Å². The molecular weight excluding hydrogens is 631 g/mol. The molecule has 3 nitrogen and oxygen atoms in total. The summed E-state index contributed by atoms with van der Waals surface area (Å²) in [5.41, 5.74) is 13.0. The topological polar surface area (TPSA) is 38.7 Å². The van der Waals surface area contributed by atoms with Gasteiger partial charge in [-0.3, -0.25) is 0 Å². The standard InChI is InChI=1S/C49H39N3/c1-48(2)42-26-16-25-39(44(42)41-28-27-35(31-43(41)49(48,3)4)32-17-8-5-9-18-32)38-29-30-40(37-24-15-14-23-36(37)38)47-51-45(33-19-10-6-11-20-33)50-46(52-47)34-21-12-7-13-22-34/h5-31H,1-4H3. The van der Waals surface area contributed by atoms with Crippen molar-refractivity contribution in [2.75, 3.05) is 0 Å². The first-order valence-electron chi connectivity index (χ1n) is 18.0. The molecule has 0 unspecified atom stereocenters. The molecule has 7 aromatic carbocycles. The van der Waals surface area contributed by atoms with E-state index in [4.69, 9.17) is 15.0 Å². The highest BCUT2D eigenvalue weighted by Gasteiger charge is 2.46. The molecule has 0 bridgehead atoms. The van der Waals surface area contributed by atoms with Gasteiger partial charge in [0, 0.05) is 16.7 Å². The Morgan fingerprint density at radius 2 is 0.808 bits per heavy atom. The van der Waals surface area contributed by atoms with E-state index in [1.165, 1.54) is 49.9 Å². The quantitative estimate of drug-likeness (QED) is 0.183. The van der Waals surface area contributed by atoms with E-state index >= 15 is 0 Å². The Morgan fingerprint density at radius 1 is 0.327 bits per heavy atom. The number of hydrogen-bond acceptors (Lipinski definition) is 3. The smallest absolute Gasteiger partial charge is 0.164 e. The Hall–Kier alpha value is -6.19. The van der Waals surface area contributed by atoms with Crippen molar-refractivity contribution >= 4 is 10.8 Å². The summed E-state index contributed by atoms with van der Waals surface area (Å²) in [5, 5.41) is 2.28. The lowest BCUT2D eigenvalue weighted by Crippen LogP contribution is -2.43. The van der Waals surface area contributed by atoms with Crippen LogP contribution in [0.15, 0.2) is 164 Å². The summed E-state index contributed by atoms with van der Waals surface area (Å²) in [6.45, 7) is 9.62. The molecular formula is C49H39N3. The molecule has 9 rings (SSSR count). The molecule has 250 valence electrons. The molecule has 0 atom stereocenters. The Bertz CT molecular complexity index is 2550. The molecule has 3 heteroatoms. The highest BCUT2D eigenvalue weighted by Crippen LogP contribution is 2.57. The van der Waals surface area contributed by atoms with Crippen molar-refractivity contribution in [1.29, 1.82) is 0 Å². The first-order chi connectivity index (χ1) is 25.3. The fraction of sp³-hybridized carbons (Fsp3) is 0.122. The van der Waals surface area contributed by atoms with Crippen molar-refractivity contribution in [3.63, 3.8) is 0 Å². The minimum absolute atomic E-state index is 0.101. The van der Waals surface area contributed by atoms with Crippen LogP contribution in [0.25, 0.3) is 78.3 Å². The summed E-state index contributed by atoms with van der Waals surface area (Å²) in [5.74, 6) is 1.98. The van der Waals surface area contributed by atoms with E-state index in [1.807, 2.05) is 36.4 Å². The number of hydrogen-bond donors (Lipinski definition) is 0. The van der Waals surface area contributed by atoms with Crippen molar-refractivity contribution in [2.45, 2.75) is 38.5 Å². The van der Waals surface area contributed by atoms with Crippen molar-refractivity contribution < 1.29 is 0 Å². The molecule has 1 heterocycles. The summed E-state index contributed by atoms with van der Waals surface area (Å²) in [6, 6.07) is 58.2. The van der Waals surface area contributed by atoms with Gasteiger partial charge in [-0.05, 0) is 78.2 Å². The Balaban J connectivity index is 1.26. The van der Waals surface area contributed by atoms with E-state index in [9.17, 15) is 0 Å². The zero-order valence-corrected chi connectivity index (χ0v) is 29.9. The molecule has 0 N–H and O–H groups in total. The molecule has 0 saturated carbocycles. The minimum Gasteiger partial charge on any atom is -0.208 e. The van der Waals surface area contributed by atoms with Crippen LogP contribution in [0.5, 0.6) is 0 Å². The van der Waals surface area contributed by atoms with E-state index in [2.05, 4.69) is 155 Å². The van der Waals surface area contributed by atoms with Crippen LogP contribution in [0.1, 0.15) is 38.8 Å². The van der Waals surface area contributed by atoms with Crippen LogP contribution in [0, 0.1) is 0 Å². The summed E-state index contributed by atoms with van der Waals surface area (Å²) in [7, 11) is 0.